The van der Waals surface area contributed by atoms with Crippen molar-refractivity contribution in [3.63, 3.8) is 0 Å². The fourth-order valence-electron chi connectivity index (χ4n) is 4.32. The number of carbonyl (C=O) groups excluding carboxylic acids is 3. The first-order valence-electron chi connectivity index (χ1n) is 10.4. The molecule has 0 aromatic heterocycles. The van der Waals surface area contributed by atoms with Crippen LogP contribution < -0.4 is 10.2 Å². The lowest BCUT2D eigenvalue weighted by Gasteiger charge is -2.48. The zero-order valence-electron chi connectivity index (χ0n) is 17.8. The molecule has 1 unspecified atom stereocenters. The Morgan fingerprint density at radius 2 is 1.82 bits per heavy atom. The maximum atomic E-state index is 13.2. The van der Waals surface area contributed by atoms with Gasteiger partial charge in [0.15, 0.2) is 0 Å². The fourth-order valence-corrected chi connectivity index (χ4v) is 5.09. The second-order valence-electron chi connectivity index (χ2n) is 8.12. The molecular formula is C23H22F3N3O3S. The normalized spacial score (nSPS) is 20.0. The highest BCUT2D eigenvalue weighted by atomic mass is 32.2. The summed E-state index contributed by atoms with van der Waals surface area (Å²) < 4.78 is 37.8. The predicted molar refractivity (Wildman–Crippen MR) is 119 cm³/mol. The number of para-hydroxylation sites is 2. The summed E-state index contributed by atoms with van der Waals surface area (Å²) in [6.07, 6.45) is -3.65. The van der Waals surface area contributed by atoms with Crippen molar-refractivity contribution in [2.45, 2.75) is 42.9 Å². The van der Waals surface area contributed by atoms with Crippen LogP contribution in [0, 0.1) is 0 Å². The molecule has 0 bridgehead atoms. The summed E-state index contributed by atoms with van der Waals surface area (Å²) in [5, 5.41) is 2.66. The maximum absolute atomic E-state index is 13.2. The zero-order valence-corrected chi connectivity index (χ0v) is 18.6. The van der Waals surface area contributed by atoms with Crippen molar-refractivity contribution in [1.82, 2.24) is 4.90 Å². The molecule has 1 atom stereocenters. The first-order valence-corrected chi connectivity index (χ1v) is 11.4. The van der Waals surface area contributed by atoms with Crippen molar-refractivity contribution in [2.24, 2.45) is 0 Å². The minimum atomic E-state index is -4.33. The third-order valence-corrected chi connectivity index (χ3v) is 7.00. The van der Waals surface area contributed by atoms with Crippen LogP contribution in [0.4, 0.5) is 24.5 Å². The number of hydrogen-bond donors (Lipinski definition) is 1. The van der Waals surface area contributed by atoms with Gasteiger partial charge in [-0.1, -0.05) is 24.3 Å². The number of anilines is 2. The molecule has 174 valence electrons. The molecule has 1 N–H and O–H groups in total. The third-order valence-electron chi connectivity index (χ3n) is 5.86. The number of alkyl halides is 3. The highest BCUT2D eigenvalue weighted by molar-refractivity contribution is 7.99. The van der Waals surface area contributed by atoms with E-state index in [9.17, 15) is 27.6 Å². The molecule has 0 radical (unpaired) electrons. The van der Waals surface area contributed by atoms with E-state index in [2.05, 4.69) is 5.32 Å². The van der Waals surface area contributed by atoms with Gasteiger partial charge in [0.25, 0.3) is 5.91 Å². The van der Waals surface area contributed by atoms with Crippen molar-refractivity contribution in [3.8, 4) is 0 Å². The average molecular weight is 478 g/mol. The molecule has 2 heterocycles. The topological polar surface area (TPSA) is 69.7 Å². The lowest BCUT2D eigenvalue weighted by molar-refractivity contribution is -0.117. The van der Waals surface area contributed by atoms with E-state index in [1.54, 1.807) is 46.2 Å². The largest absolute Gasteiger partial charge is 0.398 e. The Hall–Kier alpha value is -3.01. The van der Waals surface area contributed by atoms with Gasteiger partial charge in [-0.2, -0.15) is 13.2 Å². The minimum Gasteiger partial charge on any atom is -0.325 e. The Morgan fingerprint density at radius 3 is 2.58 bits per heavy atom. The van der Waals surface area contributed by atoms with Crippen LogP contribution in [-0.2, 0) is 9.59 Å². The zero-order chi connectivity index (χ0) is 23.8. The number of nitrogens with one attached hydrogen (secondary N) is 1. The average Bonchev–Trinajstić information content (AvgIpc) is 3.07. The van der Waals surface area contributed by atoms with Gasteiger partial charge in [0, 0.05) is 24.3 Å². The van der Waals surface area contributed by atoms with Crippen LogP contribution in [0.2, 0.25) is 0 Å². The monoisotopic (exact) mass is 477 g/mol. The van der Waals surface area contributed by atoms with Crippen molar-refractivity contribution in [1.29, 1.82) is 0 Å². The summed E-state index contributed by atoms with van der Waals surface area (Å²) in [5.41, 5.74) is 0.391. The molecule has 1 fully saturated rings. The number of hydrogen-bond acceptors (Lipinski definition) is 4. The van der Waals surface area contributed by atoms with E-state index in [1.165, 1.54) is 12.1 Å². The predicted octanol–water partition coefficient (Wildman–Crippen LogP) is 4.67. The number of amides is 3. The van der Waals surface area contributed by atoms with Gasteiger partial charge in [-0.25, -0.2) is 0 Å². The lowest BCUT2D eigenvalue weighted by Crippen LogP contribution is -2.62. The second-order valence-corrected chi connectivity index (χ2v) is 9.14. The smallest absolute Gasteiger partial charge is 0.325 e. The van der Waals surface area contributed by atoms with Crippen molar-refractivity contribution >= 4 is 40.9 Å². The molecule has 2 aliphatic heterocycles. The fraction of sp³-hybridized carbons (Fsp3) is 0.348. The Morgan fingerprint density at radius 1 is 1.12 bits per heavy atom. The molecule has 2 aromatic carbocycles. The molecule has 2 aliphatic rings. The van der Waals surface area contributed by atoms with E-state index in [0.717, 1.165) is 0 Å². The van der Waals surface area contributed by atoms with Gasteiger partial charge in [0.2, 0.25) is 11.8 Å². The van der Waals surface area contributed by atoms with E-state index >= 15 is 0 Å². The first-order chi connectivity index (χ1) is 15.6. The van der Waals surface area contributed by atoms with Crippen LogP contribution in [-0.4, -0.2) is 46.8 Å². The summed E-state index contributed by atoms with van der Waals surface area (Å²) in [6.45, 7) is 1.88. The van der Waals surface area contributed by atoms with E-state index in [0.29, 0.717) is 40.7 Å². The van der Waals surface area contributed by atoms with Gasteiger partial charge in [0.1, 0.15) is 5.66 Å². The molecule has 0 saturated carbocycles. The number of fused-ring (bicyclic) bond motifs is 3. The Labute approximate surface area is 193 Å². The summed E-state index contributed by atoms with van der Waals surface area (Å²) in [4.78, 5) is 42.0. The molecule has 6 nitrogen and oxygen atoms in total. The highest BCUT2D eigenvalue weighted by Crippen LogP contribution is 2.44. The summed E-state index contributed by atoms with van der Waals surface area (Å²) in [7, 11) is 0. The van der Waals surface area contributed by atoms with E-state index in [-0.39, 0.29) is 30.5 Å². The van der Waals surface area contributed by atoms with Crippen LogP contribution in [0.1, 0.15) is 36.5 Å². The Bertz CT molecular complexity index is 1110. The summed E-state index contributed by atoms with van der Waals surface area (Å²) in [6, 6.07) is 13.2. The Balaban J connectivity index is 1.48. The van der Waals surface area contributed by atoms with Gasteiger partial charge in [-0.15, -0.1) is 11.8 Å². The van der Waals surface area contributed by atoms with E-state index in [1.807, 2.05) is 6.92 Å². The number of nitrogens with zero attached hydrogens (tertiary/aromatic N) is 2. The van der Waals surface area contributed by atoms with E-state index in [4.69, 9.17) is 0 Å². The molecule has 33 heavy (non-hydrogen) atoms. The third kappa shape index (κ3) is 4.57. The molecule has 2 aromatic rings. The van der Waals surface area contributed by atoms with Gasteiger partial charge in [-0.05, 0) is 37.6 Å². The molecule has 4 rings (SSSR count). The van der Waals surface area contributed by atoms with Gasteiger partial charge >= 0.3 is 6.18 Å². The van der Waals surface area contributed by atoms with Gasteiger partial charge < -0.3 is 10.2 Å². The molecule has 3 amide bonds. The van der Waals surface area contributed by atoms with Gasteiger partial charge in [0.05, 0.1) is 22.7 Å². The Kier molecular flexibility index (Phi) is 6.13. The minimum absolute atomic E-state index is 0.0657. The van der Waals surface area contributed by atoms with Crippen LogP contribution in [0.3, 0.4) is 0 Å². The van der Waals surface area contributed by atoms with Crippen LogP contribution in [0.5, 0.6) is 0 Å². The van der Waals surface area contributed by atoms with Crippen LogP contribution >= 0.6 is 11.8 Å². The summed E-state index contributed by atoms with van der Waals surface area (Å²) in [5.74, 6) is -1.83. The number of thioether (sulfide) groups is 1. The molecule has 10 heteroatoms. The van der Waals surface area contributed by atoms with E-state index < -0.39 is 23.5 Å². The molecular weight excluding hydrogens is 455 g/mol. The van der Waals surface area contributed by atoms with Crippen molar-refractivity contribution < 1.29 is 27.6 Å². The lowest BCUT2D eigenvalue weighted by atomic mass is 9.98. The maximum Gasteiger partial charge on any atom is 0.398 e. The van der Waals surface area contributed by atoms with Crippen LogP contribution in [0.25, 0.3) is 0 Å². The highest BCUT2D eigenvalue weighted by Gasteiger charge is 2.52. The second kappa shape index (κ2) is 8.74. The molecule has 0 spiro atoms. The molecule has 0 aliphatic carbocycles. The first kappa shape index (κ1) is 23.2. The standard InChI is InChI=1S/C23H22F3N3O3S/c1-22-12-10-20(31)29(22)17-8-4-2-6-15(17)21(32)28(22)13-11-19(30)27-16-7-3-5-9-18(16)33-14-23(24,25)26/h2-9H,10-14H2,1H3,(H,27,30). The number of benzene rings is 2. The SMILES string of the molecule is CC12CCC(=O)N1c1ccccc1C(=O)N2CCC(=O)Nc1ccccc1SCC(F)(F)F. The van der Waals surface area contributed by atoms with Crippen molar-refractivity contribution in [2.75, 3.05) is 22.5 Å². The van der Waals surface area contributed by atoms with Crippen LogP contribution in [0.15, 0.2) is 53.4 Å². The quantitative estimate of drug-likeness (QED) is 0.614. The summed E-state index contributed by atoms with van der Waals surface area (Å²) >= 11 is 0.599. The number of carbonyl (C=O) groups is 3. The number of halogens is 3. The van der Waals surface area contributed by atoms with Gasteiger partial charge in [-0.3, -0.25) is 19.3 Å². The number of rotatable bonds is 6. The van der Waals surface area contributed by atoms with Crippen molar-refractivity contribution in [3.05, 3.63) is 54.1 Å². The molecule has 1 saturated heterocycles.